The van der Waals surface area contributed by atoms with E-state index < -0.39 is 65.1 Å². The molecule has 0 aromatic rings. The number of fused-ring (bicyclic) bond motifs is 1. The lowest BCUT2D eigenvalue weighted by Gasteiger charge is -2.39. The Morgan fingerprint density at radius 2 is 1.47 bits per heavy atom. The summed E-state index contributed by atoms with van der Waals surface area (Å²) in [6, 6.07) is -4.52. The number of urea groups is 1. The van der Waals surface area contributed by atoms with Crippen LogP contribution < -0.4 is 21.7 Å². The molecular weight excluding hydrogens is 578 g/mol. The number of carbonyl (C=O) groups excluding carboxylic acids is 6. The fraction of sp³-hybridized carbons (Fsp3) is 0.758. The Hall–Kier alpha value is -3.44. The van der Waals surface area contributed by atoms with Crippen molar-refractivity contribution in [2.75, 3.05) is 6.54 Å². The molecule has 4 rings (SSSR count). The van der Waals surface area contributed by atoms with E-state index in [2.05, 4.69) is 22.5 Å². The Balaban J connectivity index is 1.53. The Labute approximate surface area is 266 Å². The minimum atomic E-state index is -1.10. The highest BCUT2D eigenvalue weighted by molar-refractivity contribution is 6.38. The molecule has 3 aliphatic carbocycles. The fourth-order valence-corrected chi connectivity index (χ4v) is 7.58. The first-order valence-corrected chi connectivity index (χ1v) is 16.3. The van der Waals surface area contributed by atoms with Gasteiger partial charge in [0.1, 0.15) is 24.2 Å². The predicted molar refractivity (Wildman–Crippen MR) is 166 cm³/mol. The topological polar surface area (TPSA) is 177 Å². The van der Waals surface area contributed by atoms with Gasteiger partial charge in [-0.2, -0.15) is 0 Å². The molecule has 0 aromatic heterocycles. The van der Waals surface area contributed by atoms with Gasteiger partial charge in [0.2, 0.25) is 17.6 Å². The summed E-state index contributed by atoms with van der Waals surface area (Å²) in [7, 11) is 0. The van der Waals surface area contributed by atoms with Crippen LogP contribution in [0.5, 0.6) is 0 Å². The summed E-state index contributed by atoms with van der Waals surface area (Å²) in [5, 5.41) is 8.38. The van der Waals surface area contributed by atoms with E-state index in [0.29, 0.717) is 19.4 Å². The molecule has 4 fully saturated rings. The van der Waals surface area contributed by atoms with Crippen LogP contribution in [0.4, 0.5) is 4.79 Å². The molecular formula is C33H51N5O7. The van der Waals surface area contributed by atoms with Crippen molar-refractivity contribution in [2.45, 2.75) is 117 Å². The smallest absolute Gasteiger partial charge is 0.334 e. The third kappa shape index (κ3) is 7.35. The number of hydrogen-bond acceptors (Lipinski definition) is 7. The van der Waals surface area contributed by atoms with Gasteiger partial charge in [-0.25, -0.2) is 9.59 Å². The van der Waals surface area contributed by atoms with Gasteiger partial charge in [-0.1, -0.05) is 66.9 Å². The number of nitrogens with one attached hydrogen (secondary N) is 3. The van der Waals surface area contributed by atoms with Crippen molar-refractivity contribution in [3.63, 3.8) is 0 Å². The molecule has 12 nitrogen and oxygen atoms in total. The second-order valence-electron chi connectivity index (χ2n) is 15.2. The van der Waals surface area contributed by atoms with E-state index in [0.717, 1.165) is 38.5 Å². The number of carbonyl (C=O) groups is 6. The molecule has 1 saturated heterocycles. The zero-order valence-corrected chi connectivity index (χ0v) is 27.6. The SMILES string of the molecule is C=C(C)OC(=O)[C@H](NC(=O)N[C@H](C(=O)N1C[C@H]2[C@@H]([C@H]1C(=O)NC(C(=O)C(N)=O)C1CCC1)C2(C)C)C(C)(C)C)C1CCCCC1. The number of allylic oxidation sites excluding steroid dienone is 1. The van der Waals surface area contributed by atoms with Gasteiger partial charge in [0.25, 0.3) is 5.91 Å². The van der Waals surface area contributed by atoms with E-state index in [1.54, 1.807) is 6.92 Å². The quantitative estimate of drug-likeness (QED) is 0.154. The first-order chi connectivity index (χ1) is 20.9. The zero-order chi connectivity index (χ0) is 33.4. The first kappa shape index (κ1) is 34.4. The number of likely N-dealkylation sites (tertiary alicyclic amines) is 1. The largest absolute Gasteiger partial charge is 0.430 e. The van der Waals surface area contributed by atoms with E-state index in [1.807, 2.05) is 34.6 Å². The lowest BCUT2D eigenvalue weighted by molar-refractivity contribution is -0.145. The lowest BCUT2D eigenvalue weighted by atomic mass is 9.78. The molecule has 1 aliphatic heterocycles. The van der Waals surface area contributed by atoms with Crippen LogP contribution in [0.25, 0.3) is 0 Å². The van der Waals surface area contributed by atoms with Crippen LogP contribution in [0.3, 0.4) is 0 Å². The third-order valence-corrected chi connectivity index (χ3v) is 10.5. The molecule has 4 aliphatic rings. The highest BCUT2D eigenvalue weighted by Crippen LogP contribution is 2.65. The Morgan fingerprint density at radius 3 is 1.98 bits per heavy atom. The molecule has 45 heavy (non-hydrogen) atoms. The number of amides is 5. The van der Waals surface area contributed by atoms with E-state index >= 15 is 0 Å². The van der Waals surface area contributed by atoms with E-state index in [9.17, 15) is 28.8 Å². The number of nitrogens with zero attached hydrogens (tertiary/aromatic N) is 1. The summed E-state index contributed by atoms with van der Waals surface area (Å²) in [6.07, 6.45) is 6.76. The molecule has 5 N–H and O–H groups in total. The van der Waals surface area contributed by atoms with Crippen molar-refractivity contribution in [1.29, 1.82) is 0 Å². The Morgan fingerprint density at radius 1 is 0.889 bits per heavy atom. The standard InChI is InChI=1S/C33H51N5O7/c1-17(2)45-30(43)23(19-12-9-8-10-13-19)36-31(44)37-26(32(3,4)5)29(42)38-16-20-21(33(20,6)7)24(38)28(41)35-22(18-14-11-15-18)25(39)27(34)40/h18-24,26H,1,8-16H2,2-7H3,(H2,34,40)(H,35,41)(H2,36,37,44)/t20-,21-,22?,23+,24-,26+/m0/s1. The first-order valence-electron chi connectivity index (χ1n) is 16.3. The number of rotatable bonds is 11. The van der Waals surface area contributed by atoms with Crippen LogP contribution in [0.1, 0.15) is 92.9 Å². The van der Waals surface area contributed by atoms with Crippen molar-refractivity contribution in [3.8, 4) is 0 Å². The van der Waals surface area contributed by atoms with Crippen molar-refractivity contribution in [3.05, 3.63) is 12.3 Å². The number of ketones is 1. The average Bonchev–Trinajstić information content (AvgIpc) is 3.24. The Kier molecular flexibility index (Phi) is 10.0. The number of piperidine rings is 1. The predicted octanol–water partition coefficient (Wildman–Crippen LogP) is 2.55. The van der Waals surface area contributed by atoms with Crippen molar-refractivity contribution < 1.29 is 33.5 Å². The van der Waals surface area contributed by atoms with Gasteiger partial charge in [0, 0.05) is 6.54 Å². The molecule has 250 valence electrons. The maximum absolute atomic E-state index is 14.3. The van der Waals surface area contributed by atoms with Gasteiger partial charge in [0.15, 0.2) is 0 Å². The second kappa shape index (κ2) is 13.1. The molecule has 1 unspecified atom stereocenters. The minimum Gasteiger partial charge on any atom is -0.430 e. The molecule has 12 heteroatoms. The maximum atomic E-state index is 14.3. The van der Waals surface area contributed by atoms with E-state index in [4.69, 9.17) is 10.5 Å². The number of ether oxygens (including phenoxy) is 1. The Bertz CT molecular complexity index is 1230. The molecule has 0 spiro atoms. The van der Waals surface area contributed by atoms with Gasteiger partial charge >= 0.3 is 12.0 Å². The van der Waals surface area contributed by atoms with Gasteiger partial charge in [-0.3, -0.25) is 19.2 Å². The summed E-state index contributed by atoms with van der Waals surface area (Å²) in [5.74, 6) is -3.59. The molecule has 1 heterocycles. The highest BCUT2D eigenvalue weighted by Gasteiger charge is 2.70. The molecule has 0 bridgehead atoms. The zero-order valence-electron chi connectivity index (χ0n) is 27.6. The highest BCUT2D eigenvalue weighted by atomic mass is 16.5. The molecule has 0 aromatic carbocycles. The van der Waals surface area contributed by atoms with Crippen molar-refractivity contribution in [2.24, 2.45) is 40.2 Å². The number of nitrogens with two attached hydrogens (primary N) is 1. The summed E-state index contributed by atoms with van der Waals surface area (Å²) in [4.78, 5) is 80.6. The van der Waals surface area contributed by atoms with Crippen LogP contribution >= 0.6 is 0 Å². The third-order valence-electron chi connectivity index (χ3n) is 10.5. The van der Waals surface area contributed by atoms with Gasteiger partial charge in [-0.15, -0.1) is 0 Å². The van der Waals surface area contributed by atoms with Crippen LogP contribution in [0.2, 0.25) is 0 Å². The monoisotopic (exact) mass is 629 g/mol. The van der Waals surface area contributed by atoms with E-state index in [1.165, 1.54) is 4.90 Å². The number of primary amides is 1. The summed E-state index contributed by atoms with van der Waals surface area (Å²) < 4.78 is 5.29. The number of Topliss-reactive ketones (excluding diaryl/α,β-unsaturated/α-hetero) is 1. The van der Waals surface area contributed by atoms with Crippen LogP contribution in [0.15, 0.2) is 12.3 Å². The number of esters is 1. The van der Waals surface area contributed by atoms with E-state index in [-0.39, 0.29) is 34.8 Å². The molecule has 5 amide bonds. The molecule has 6 atom stereocenters. The maximum Gasteiger partial charge on any atom is 0.334 e. The van der Waals surface area contributed by atoms with Crippen LogP contribution in [-0.2, 0) is 28.7 Å². The lowest BCUT2D eigenvalue weighted by Crippen LogP contribution is -2.63. The summed E-state index contributed by atoms with van der Waals surface area (Å²) in [5.41, 5.74) is 4.36. The molecule has 3 saturated carbocycles. The average molecular weight is 630 g/mol. The van der Waals surface area contributed by atoms with Crippen LogP contribution in [-0.4, -0.2) is 71.1 Å². The van der Waals surface area contributed by atoms with Gasteiger partial charge in [-0.05, 0) is 67.1 Å². The van der Waals surface area contributed by atoms with Crippen molar-refractivity contribution >= 4 is 35.5 Å². The summed E-state index contributed by atoms with van der Waals surface area (Å²) >= 11 is 0. The second-order valence-corrected chi connectivity index (χ2v) is 15.2. The molecule has 0 radical (unpaired) electrons. The van der Waals surface area contributed by atoms with Crippen LogP contribution in [0, 0.1) is 34.5 Å². The summed E-state index contributed by atoms with van der Waals surface area (Å²) in [6.45, 7) is 15.1. The van der Waals surface area contributed by atoms with Gasteiger partial charge in [0.05, 0.1) is 5.76 Å². The fourth-order valence-electron chi connectivity index (χ4n) is 7.58. The number of hydrogen-bond donors (Lipinski definition) is 4. The van der Waals surface area contributed by atoms with Gasteiger partial charge < -0.3 is 31.3 Å². The van der Waals surface area contributed by atoms with Crippen molar-refractivity contribution in [1.82, 2.24) is 20.9 Å². The minimum absolute atomic E-state index is 0.0632. The normalized spacial score (nSPS) is 26.3.